The molecule has 3 rings (SSSR count). The van der Waals surface area contributed by atoms with E-state index in [0.717, 1.165) is 11.8 Å². The molecular formula is C17H15ClN6O4S. The fourth-order valence-corrected chi connectivity index (χ4v) is 3.22. The van der Waals surface area contributed by atoms with Crippen LogP contribution in [-0.4, -0.2) is 43.4 Å². The first kappa shape index (κ1) is 20.6. The number of carbonyl (C=O) groups excluding carboxylic acids is 1. The topological polar surface area (TPSA) is 125 Å². The number of para-hydroxylation sites is 2. The highest BCUT2D eigenvalue weighted by Crippen LogP contribution is 2.28. The first-order chi connectivity index (χ1) is 14.0. The van der Waals surface area contributed by atoms with Crippen molar-refractivity contribution in [2.24, 2.45) is 0 Å². The Hall–Kier alpha value is -3.18. The Morgan fingerprint density at radius 3 is 2.90 bits per heavy atom. The van der Waals surface area contributed by atoms with Gasteiger partial charge >= 0.3 is 0 Å². The summed E-state index contributed by atoms with van der Waals surface area (Å²) in [5.41, 5.74) is 0.630. The molecule has 3 aromatic rings. The van der Waals surface area contributed by atoms with E-state index in [9.17, 15) is 14.9 Å². The summed E-state index contributed by atoms with van der Waals surface area (Å²) in [4.78, 5) is 22.6. The van der Waals surface area contributed by atoms with Crippen LogP contribution in [0.4, 0.5) is 11.4 Å². The van der Waals surface area contributed by atoms with Crippen LogP contribution in [0, 0.1) is 10.1 Å². The summed E-state index contributed by atoms with van der Waals surface area (Å²) in [6, 6.07) is 11.1. The molecule has 0 fully saturated rings. The second-order valence-electron chi connectivity index (χ2n) is 5.53. The van der Waals surface area contributed by atoms with Crippen molar-refractivity contribution in [2.45, 2.75) is 12.1 Å². The number of nitro groups is 1. The third-order valence-electron chi connectivity index (χ3n) is 3.60. The molecule has 0 aliphatic rings. The van der Waals surface area contributed by atoms with Crippen LogP contribution in [0.3, 0.4) is 0 Å². The highest BCUT2D eigenvalue weighted by atomic mass is 35.5. The molecule has 10 nitrogen and oxygen atoms in total. The third-order valence-corrected chi connectivity index (χ3v) is 4.85. The Balaban J connectivity index is 1.71. The Kier molecular flexibility index (Phi) is 6.62. The van der Waals surface area contributed by atoms with E-state index in [0.29, 0.717) is 23.2 Å². The lowest BCUT2D eigenvalue weighted by molar-refractivity contribution is -0.384. The van der Waals surface area contributed by atoms with E-state index in [1.807, 2.05) is 19.1 Å². The van der Waals surface area contributed by atoms with Gasteiger partial charge in [0.1, 0.15) is 11.4 Å². The number of ether oxygens (including phenoxy) is 1. The van der Waals surface area contributed by atoms with Gasteiger partial charge in [-0.2, -0.15) is 4.68 Å². The summed E-state index contributed by atoms with van der Waals surface area (Å²) in [7, 11) is 0. The van der Waals surface area contributed by atoms with Crippen LogP contribution in [0.5, 0.6) is 5.75 Å². The van der Waals surface area contributed by atoms with Gasteiger partial charge in [-0.1, -0.05) is 35.5 Å². The maximum Gasteiger partial charge on any atom is 0.271 e. The van der Waals surface area contributed by atoms with Crippen LogP contribution in [0.1, 0.15) is 6.92 Å². The minimum atomic E-state index is -0.565. The van der Waals surface area contributed by atoms with Gasteiger partial charge in [0, 0.05) is 12.1 Å². The van der Waals surface area contributed by atoms with E-state index < -0.39 is 10.8 Å². The lowest BCUT2D eigenvalue weighted by Crippen LogP contribution is -2.15. The van der Waals surface area contributed by atoms with Gasteiger partial charge in [0.05, 0.1) is 28.0 Å². The minimum Gasteiger partial charge on any atom is -0.492 e. The number of nitrogens with one attached hydrogen (secondary N) is 1. The predicted octanol–water partition coefficient (Wildman–Crippen LogP) is 3.35. The van der Waals surface area contributed by atoms with Gasteiger partial charge in [-0.25, -0.2) is 0 Å². The molecule has 0 bridgehead atoms. The van der Waals surface area contributed by atoms with Gasteiger partial charge in [0.15, 0.2) is 0 Å². The SMILES string of the molecule is CCOc1ccccc1-n1nnnc1SCC(=O)Nc1cc([N+](=O)[O-])ccc1Cl. The van der Waals surface area contributed by atoms with Crippen molar-refractivity contribution in [2.75, 3.05) is 17.7 Å². The number of nitrogens with zero attached hydrogens (tertiary/aromatic N) is 5. The zero-order valence-corrected chi connectivity index (χ0v) is 16.7. The standard InChI is InChI=1S/C17H15ClN6O4S/c1-2-28-15-6-4-3-5-14(15)23-17(20-21-22-23)29-10-16(25)19-13-9-11(24(26)27)7-8-12(13)18/h3-9H,2,10H2,1H3,(H,19,25). The number of nitro benzene ring substituents is 1. The number of carbonyl (C=O) groups is 1. The number of halogens is 1. The van der Waals surface area contributed by atoms with Gasteiger partial charge in [0.2, 0.25) is 11.1 Å². The quantitative estimate of drug-likeness (QED) is 0.325. The number of thioether (sulfide) groups is 1. The third kappa shape index (κ3) is 5.00. The van der Waals surface area contributed by atoms with Crippen molar-refractivity contribution in [3.63, 3.8) is 0 Å². The average Bonchev–Trinajstić information content (AvgIpc) is 3.17. The molecule has 1 amide bonds. The van der Waals surface area contributed by atoms with Gasteiger partial charge in [-0.05, 0) is 35.5 Å². The molecule has 0 spiro atoms. The number of benzene rings is 2. The van der Waals surface area contributed by atoms with Crippen molar-refractivity contribution in [1.29, 1.82) is 0 Å². The average molecular weight is 435 g/mol. The summed E-state index contributed by atoms with van der Waals surface area (Å²) < 4.78 is 7.06. The molecule has 150 valence electrons. The Bertz CT molecular complexity index is 1040. The lowest BCUT2D eigenvalue weighted by atomic mass is 10.3. The molecule has 0 radical (unpaired) electrons. The largest absolute Gasteiger partial charge is 0.492 e. The van der Waals surface area contributed by atoms with E-state index >= 15 is 0 Å². The smallest absolute Gasteiger partial charge is 0.271 e. The Morgan fingerprint density at radius 2 is 2.14 bits per heavy atom. The molecular weight excluding hydrogens is 420 g/mol. The zero-order chi connectivity index (χ0) is 20.8. The first-order valence-electron chi connectivity index (χ1n) is 8.36. The molecule has 1 N–H and O–H groups in total. The van der Waals surface area contributed by atoms with E-state index in [4.69, 9.17) is 16.3 Å². The highest BCUT2D eigenvalue weighted by Gasteiger charge is 2.16. The van der Waals surface area contributed by atoms with E-state index in [2.05, 4.69) is 20.8 Å². The van der Waals surface area contributed by atoms with Crippen molar-refractivity contribution in [3.05, 3.63) is 57.6 Å². The molecule has 0 atom stereocenters. The molecule has 0 saturated carbocycles. The number of hydrogen-bond acceptors (Lipinski definition) is 8. The molecule has 1 heterocycles. The van der Waals surface area contributed by atoms with E-state index in [1.54, 1.807) is 12.1 Å². The van der Waals surface area contributed by atoms with Gasteiger partial charge in [-0.3, -0.25) is 14.9 Å². The van der Waals surface area contributed by atoms with E-state index in [-0.39, 0.29) is 22.2 Å². The van der Waals surface area contributed by atoms with Crippen LogP contribution in [-0.2, 0) is 4.79 Å². The fourth-order valence-electron chi connectivity index (χ4n) is 2.37. The second kappa shape index (κ2) is 9.34. The molecule has 0 aliphatic heterocycles. The maximum absolute atomic E-state index is 12.3. The summed E-state index contributed by atoms with van der Waals surface area (Å²) in [6.07, 6.45) is 0. The summed E-state index contributed by atoms with van der Waals surface area (Å²) in [6.45, 7) is 2.35. The molecule has 12 heteroatoms. The predicted molar refractivity (Wildman–Crippen MR) is 108 cm³/mol. The van der Waals surface area contributed by atoms with E-state index in [1.165, 1.54) is 22.9 Å². The molecule has 0 saturated heterocycles. The molecule has 0 aliphatic carbocycles. The molecule has 2 aromatic carbocycles. The second-order valence-corrected chi connectivity index (χ2v) is 6.88. The maximum atomic E-state index is 12.3. The number of anilines is 1. The highest BCUT2D eigenvalue weighted by molar-refractivity contribution is 7.99. The van der Waals surface area contributed by atoms with Crippen molar-refractivity contribution >= 4 is 40.6 Å². The van der Waals surface area contributed by atoms with Crippen LogP contribution >= 0.6 is 23.4 Å². The number of hydrogen-bond donors (Lipinski definition) is 1. The van der Waals surface area contributed by atoms with Gasteiger partial charge < -0.3 is 10.1 Å². The van der Waals surface area contributed by atoms with Crippen LogP contribution < -0.4 is 10.1 Å². The Morgan fingerprint density at radius 1 is 1.34 bits per heavy atom. The van der Waals surface area contributed by atoms with Crippen LogP contribution in [0.2, 0.25) is 5.02 Å². The molecule has 1 aromatic heterocycles. The minimum absolute atomic E-state index is 0.0316. The van der Waals surface area contributed by atoms with Gasteiger partial charge in [-0.15, -0.1) is 5.10 Å². The molecule has 0 unspecified atom stereocenters. The van der Waals surface area contributed by atoms with Crippen molar-refractivity contribution < 1.29 is 14.5 Å². The Labute approximate surface area is 174 Å². The summed E-state index contributed by atoms with van der Waals surface area (Å²) in [5, 5.41) is 25.6. The van der Waals surface area contributed by atoms with Gasteiger partial charge in [0.25, 0.3) is 5.69 Å². The monoisotopic (exact) mass is 434 g/mol. The number of tetrazole rings is 1. The number of aromatic nitrogens is 4. The summed E-state index contributed by atoms with van der Waals surface area (Å²) >= 11 is 7.10. The van der Waals surface area contributed by atoms with Crippen molar-refractivity contribution in [1.82, 2.24) is 20.2 Å². The van der Waals surface area contributed by atoms with Crippen molar-refractivity contribution in [3.8, 4) is 11.4 Å². The number of rotatable bonds is 8. The first-order valence-corrected chi connectivity index (χ1v) is 9.73. The normalized spacial score (nSPS) is 10.6. The number of amides is 1. The fraction of sp³-hybridized carbons (Fsp3) is 0.176. The summed E-state index contributed by atoms with van der Waals surface area (Å²) in [5.74, 6) is 0.165. The van der Waals surface area contributed by atoms with Crippen LogP contribution in [0.15, 0.2) is 47.6 Å². The van der Waals surface area contributed by atoms with Crippen LogP contribution in [0.25, 0.3) is 5.69 Å². The lowest BCUT2D eigenvalue weighted by Gasteiger charge is -2.10. The molecule has 29 heavy (non-hydrogen) atoms. The number of non-ortho nitro benzene ring substituents is 1. The zero-order valence-electron chi connectivity index (χ0n) is 15.1.